The van der Waals surface area contributed by atoms with E-state index in [2.05, 4.69) is 20.4 Å². The highest BCUT2D eigenvalue weighted by Gasteiger charge is 2.23. The van der Waals surface area contributed by atoms with Crippen LogP contribution in [0.15, 0.2) is 30.5 Å². The van der Waals surface area contributed by atoms with Crippen LogP contribution in [0.3, 0.4) is 0 Å². The second-order valence-corrected chi connectivity index (χ2v) is 8.05. The van der Waals surface area contributed by atoms with Gasteiger partial charge in [-0.05, 0) is 50.3 Å². The van der Waals surface area contributed by atoms with Crippen molar-refractivity contribution in [3.05, 3.63) is 52.3 Å². The summed E-state index contributed by atoms with van der Waals surface area (Å²) in [6.07, 6.45) is 5.24. The molecule has 2 aromatic rings. The number of amides is 1. The molecule has 162 valence electrons. The lowest BCUT2D eigenvalue weighted by molar-refractivity contribution is -0.121. The smallest absolute Gasteiger partial charge is 0.356 e. The number of likely N-dealkylation sites (tertiary alicyclic amines) is 1. The van der Waals surface area contributed by atoms with Crippen LogP contribution < -0.4 is 5.32 Å². The Hall–Kier alpha value is -2.38. The van der Waals surface area contributed by atoms with Gasteiger partial charge < -0.3 is 10.1 Å². The molecule has 0 aliphatic carbocycles. The summed E-state index contributed by atoms with van der Waals surface area (Å²) in [5, 5.41) is 10.4. The maximum absolute atomic E-state index is 12.3. The van der Waals surface area contributed by atoms with E-state index < -0.39 is 0 Å². The van der Waals surface area contributed by atoms with Gasteiger partial charge in [0.15, 0.2) is 0 Å². The van der Waals surface area contributed by atoms with Crippen molar-refractivity contribution < 1.29 is 14.3 Å². The lowest BCUT2D eigenvalue weighted by Gasteiger charge is -2.32. The van der Waals surface area contributed by atoms with E-state index in [-0.39, 0.29) is 11.9 Å². The van der Waals surface area contributed by atoms with Gasteiger partial charge in [-0.3, -0.25) is 14.8 Å². The van der Waals surface area contributed by atoms with Crippen LogP contribution in [0.4, 0.5) is 0 Å². The number of nitrogens with one attached hydrogen (secondary N) is 2. The maximum Gasteiger partial charge on any atom is 0.356 e. The van der Waals surface area contributed by atoms with Gasteiger partial charge >= 0.3 is 5.97 Å². The molecule has 1 atom stereocenters. The first kappa shape index (κ1) is 22.3. The van der Waals surface area contributed by atoms with Crippen molar-refractivity contribution in [2.45, 2.75) is 45.7 Å². The molecule has 0 saturated carbocycles. The second kappa shape index (κ2) is 11.1. The van der Waals surface area contributed by atoms with E-state index >= 15 is 0 Å². The topological polar surface area (TPSA) is 87.3 Å². The minimum Gasteiger partial charge on any atom is -0.461 e. The number of rotatable bonds is 9. The van der Waals surface area contributed by atoms with Gasteiger partial charge in [0.1, 0.15) is 5.69 Å². The molecule has 2 N–H and O–H groups in total. The van der Waals surface area contributed by atoms with Crippen LogP contribution in [0.25, 0.3) is 0 Å². The van der Waals surface area contributed by atoms with Crippen molar-refractivity contribution in [3.63, 3.8) is 0 Å². The van der Waals surface area contributed by atoms with Crippen molar-refractivity contribution in [1.82, 2.24) is 20.4 Å². The molecule has 1 aromatic heterocycles. The third-order valence-corrected chi connectivity index (χ3v) is 5.78. The summed E-state index contributed by atoms with van der Waals surface area (Å²) in [6, 6.07) is 7.54. The van der Waals surface area contributed by atoms with E-state index in [1.165, 1.54) is 0 Å². The summed E-state index contributed by atoms with van der Waals surface area (Å²) in [4.78, 5) is 26.6. The van der Waals surface area contributed by atoms with Crippen LogP contribution in [0, 0.1) is 5.92 Å². The lowest BCUT2D eigenvalue weighted by Crippen LogP contribution is -2.36. The van der Waals surface area contributed by atoms with E-state index in [0.717, 1.165) is 43.5 Å². The van der Waals surface area contributed by atoms with Crippen LogP contribution >= 0.6 is 11.6 Å². The average molecular weight is 433 g/mol. The number of aromatic nitrogens is 2. The third-order valence-electron chi connectivity index (χ3n) is 5.41. The summed E-state index contributed by atoms with van der Waals surface area (Å²) >= 11 is 6.14. The molecule has 1 amide bonds. The van der Waals surface area contributed by atoms with Gasteiger partial charge in [0, 0.05) is 36.6 Å². The van der Waals surface area contributed by atoms with Gasteiger partial charge in [-0.15, -0.1) is 0 Å². The molecular formula is C22H29ClN4O3. The summed E-state index contributed by atoms with van der Waals surface area (Å²) in [7, 11) is 0. The Morgan fingerprint density at radius 2 is 2.17 bits per heavy atom. The number of hydrogen-bond donors (Lipinski definition) is 2. The molecule has 3 rings (SSSR count). The number of aromatic amines is 1. The quantitative estimate of drug-likeness (QED) is 0.591. The van der Waals surface area contributed by atoms with E-state index in [0.29, 0.717) is 42.8 Å². The minimum atomic E-state index is -0.367. The molecule has 0 bridgehead atoms. The first-order chi connectivity index (χ1) is 14.6. The van der Waals surface area contributed by atoms with Gasteiger partial charge in [-0.2, -0.15) is 5.10 Å². The second-order valence-electron chi connectivity index (χ2n) is 7.64. The third kappa shape index (κ3) is 6.31. The van der Waals surface area contributed by atoms with Crippen LogP contribution in [0.5, 0.6) is 0 Å². The number of benzene rings is 1. The molecule has 8 heteroatoms. The summed E-state index contributed by atoms with van der Waals surface area (Å²) in [6.45, 7) is 5.11. The predicted octanol–water partition coefficient (Wildman–Crippen LogP) is 3.55. The zero-order chi connectivity index (χ0) is 21.3. The summed E-state index contributed by atoms with van der Waals surface area (Å²) in [5.41, 5.74) is 2.21. The zero-order valence-electron chi connectivity index (χ0n) is 17.3. The highest BCUT2D eigenvalue weighted by molar-refractivity contribution is 6.31. The largest absolute Gasteiger partial charge is 0.461 e. The van der Waals surface area contributed by atoms with Crippen molar-refractivity contribution in [3.8, 4) is 0 Å². The number of nitrogens with zero attached hydrogens (tertiary/aromatic N) is 2. The Morgan fingerprint density at radius 3 is 2.97 bits per heavy atom. The molecule has 1 aromatic carbocycles. The molecule has 7 nitrogen and oxygen atoms in total. The zero-order valence-corrected chi connectivity index (χ0v) is 18.1. The van der Waals surface area contributed by atoms with Crippen LogP contribution in [-0.4, -0.2) is 46.7 Å². The first-order valence-electron chi connectivity index (χ1n) is 10.5. The molecule has 1 fully saturated rings. The number of carbonyl (C=O) groups excluding carboxylic acids is 2. The van der Waals surface area contributed by atoms with Crippen molar-refractivity contribution in [2.75, 3.05) is 19.7 Å². The average Bonchev–Trinajstić information content (AvgIpc) is 3.20. The van der Waals surface area contributed by atoms with Crippen LogP contribution in [-0.2, 0) is 22.6 Å². The Morgan fingerprint density at radius 1 is 1.33 bits per heavy atom. The number of ether oxygens (including phenoxy) is 1. The van der Waals surface area contributed by atoms with Crippen LogP contribution in [0.2, 0.25) is 5.02 Å². The number of halogens is 1. The fraction of sp³-hybridized carbons (Fsp3) is 0.500. The molecular weight excluding hydrogens is 404 g/mol. The van der Waals surface area contributed by atoms with E-state index in [1.807, 2.05) is 24.3 Å². The van der Waals surface area contributed by atoms with Crippen LogP contribution in [0.1, 0.15) is 54.2 Å². The normalized spacial score (nSPS) is 16.9. The molecule has 0 spiro atoms. The predicted molar refractivity (Wildman–Crippen MR) is 115 cm³/mol. The van der Waals surface area contributed by atoms with Crippen molar-refractivity contribution >= 4 is 23.5 Å². The van der Waals surface area contributed by atoms with Gasteiger partial charge in [0.05, 0.1) is 12.8 Å². The standard InChI is InChI=1S/C22H29ClN4O3/c1-2-30-22(29)21-18(13-25-26-21)15-27-11-5-6-16(14-27)9-10-20(28)24-12-17-7-3-4-8-19(17)23/h3-4,7-8,13,16H,2,5-6,9-12,14-15H2,1H3,(H,24,28)(H,25,26). The number of carbonyl (C=O) groups is 2. The molecule has 1 saturated heterocycles. The fourth-order valence-electron chi connectivity index (χ4n) is 3.84. The van der Waals surface area contributed by atoms with Gasteiger partial charge in [-0.1, -0.05) is 29.8 Å². The van der Waals surface area contributed by atoms with Crippen molar-refractivity contribution in [2.24, 2.45) is 5.92 Å². The van der Waals surface area contributed by atoms with Crippen molar-refractivity contribution in [1.29, 1.82) is 0 Å². The lowest BCUT2D eigenvalue weighted by atomic mass is 9.93. The fourth-order valence-corrected chi connectivity index (χ4v) is 4.04. The Balaban J connectivity index is 1.44. The highest BCUT2D eigenvalue weighted by Crippen LogP contribution is 2.23. The molecule has 2 heterocycles. The maximum atomic E-state index is 12.3. The Labute approximate surface area is 182 Å². The van der Waals surface area contributed by atoms with Gasteiger partial charge in [-0.25, -0.2) is 4.79 Å². The van der Waals surface area contributed by atoms with Gasteiger partial charge in [0.25, 0.3) is 0 Å². The van der Waals surface area contributed by atoms with E-state index in [1.54, 1.807) is 13.1 Å². The highest BCUT2D eigenvalue weighted by atomic mass is 35.5. The molecule has 1 aliphatic rings. The monoisotopic (exact) mass is 432 g/mol. The van der Waals surface area contributed by atoms with E-state index in [9.17, 15) is 9.59 Å². The SMILES string of the molecule is CCOC(=O)c1[nH]ncc1CN1CCCC(CCC(=O)NCc2ccccc2Cl)C1. The summed E-state index contributed by atoms with van der Waals surface area (Å²) < 4.78 is 5.08. The summed E-state index contributed by atoms with van der Waals surface area (Å²) in [5.74, 6) is 0.142. The van der Waals surface area contributed by atoms with Gasteiger partial charge in [0.2, 0.25) is 5.91 Å². The number of esters is 1. The minimum absolute atomic E-state index is 0.0477. The van der Waals surface area contributed by atoms with E-state index in [4.69, 9.17) is 16.3 Å². The Kier molecular flexibility index (Phi) is 8.28. The molecule has 30 heavy (non-hydrogen) atoms. The molecule has 1 unspecified atom stereocenters. The number of piperidine rings is 1. The first-order valence-corrected chi connectivity index (χ1v) is 10.9. The number of H-pyrrole nitrogens is 1. The molecule has 1 aliphatic heterocycles. The Bertz CT molecular complexity index is 854. The number of hydrogen-bond acceptors (Lipinski definition) is 5. The molecule has 0 radical (unpaired) electrons.